The highest BCUT2D eigenvalue weighted by molar-refractivity contribution is 5.92. The molecule has 0 bridgehead atoms. The molecule has 3 heteroatoms. The second-order valence-electron chi connectivity index (χ2n) is 3.29. The Morgan fingerprint density at radius 3 is 2.33 bits per heavy atom. The van der Waals surface area contributed by atoms with Gasteiger partial charge >= 0.3 is 0 Å². The van der Waals surface area contributed by atoms with E-state index in [1.165, 1.54) is 0 Å². The molecule has 0 rings (SSSR count). The third-order valence-corrected chi connectivity index (χ3v) is 1.71. The van der Waals surface area contributed by atoms with Gasteiger partial charge in [0.05, 0.1) is 12.6 Å². The van der Waals surface area contributed by atoms with Gasteiger partial charge in [0.2, 0.25) is 5.91 Å². The van der Waals surface area contributed by atoms with Gasteiger partial charge in [-0.15, -0.1) is 0 Å². The fourth-order valence-corrected chi connectivity index (χ4v) is 0.715. The van der Waals surface area contributed by atoms with Gasteiger partial charge in [0.15, 0.2) is 0 Å². The molecule has 0 saturated carbocycles. The van der Waals surface area contributed by atoms with Gasteiger partial charge in [-0.05, 0) is 12.8 Å². The van der Waals surface area contributed by atoms with Crippen LogP contribution < -0.4 is 5.32 Å². The second kappa shape index (κ2) is 4.93. The minimum Gasteiger partial charge on any atom is -0.394 e. The van der Waals surface area contributed by atoms with E-state index in [-0.39, 0.29) is 24.5 Å². The van der Waals surface area contributed by atoms with Gasteiger partial charge in [0.1, 0.15) is 0 Å². The van der Waals surface area contributed by atoms with Crippen molar-refractivity contribution in [2.45, 2.75) is 26.8 Å². The highest BCUT2D eigenvalue weighted by Gasteiger charge is 2.14. The summed E-state index contributed by atoms with van der Waals surface area (Å²) in [6.07, 6.45) is 0. The van der Waals surface area contributed by atoms with Crippen LogP contribution in [0.3, 0.4) is 0 Å². The van der Waals surface area contributed by atoms with Crippen molar-refractivity contribution in [3.05, 3.63) is 12.2 Å². The molecule has 1 atom stereocenters. The van der Waals surface area contributed by atoms with Gasteiger partial charge < -0.3 is 10.4 Å². The van der Waals surface area contributed by atoms with Crippen molar-refractivity contribution >= 4 is 5.91 Å². The summed E-state index contributed by atoms with van der Waals surface area (Å²) in [7, 11) is 0. The molecule has 0 aliphatic carbocycles. The first-order valence-electron chi connectivity index (χ1n) is 4.06. The summed E-state index contributed by atoms with van der Waals surface area (Å²) in [5.41, 5.74) is 0.467. The summed E-state index contributed by atoms with van der Waals surface area (Å²) < 4.78 is 0. The molecule has 2 N–H and O–H groups in total. The lowest BCUT2D eigenvalue weighted by atomic mass is 10.1. The average molecular weight is 171 g/mol. The maximum Gasteiger partial charge on any atom is 0.246 e. The SMILES string of the molecule is C=C(C)C(=O)NC(CO)C(C)C. The van der Waals surface area contributed by atoms with E-state index in [2.05, 4.69) is 11.9 Å². The van der Waals surface area contributed by atoms with E-state index < -0.39 is 0 Å². The number of hydrogen-bond donors (Lipinski definition) is 2. The lowest BCUT2D eigenvalue weighted by molar-refractivity contribution is -0.118. The van der Waals surface area contributed by atoms with Crippen LogP contribution in [0, 0.1) is 5.92 Å². The summed E-state index contributed by atoms with van der Waals surface area (Å²) in [6, 6.07) is -0.172. The normalized spacial score (nSPS) is 12.8. The minimum absolute atomic E-state index is 0.0311. The summed E-state index contributed by atoms with van der Waals surface area (Å²) in [5.74, 6) is 0.0426. The first kappa shape index (κ1) is 11.2. The third kappa shape index (κ3) is 3.53. The molecule has 0 spiro atoms. The van der Waals surface area contributed by atoms with Crippen molar-refractivity contribution in [3.8, 4) is 0 Å². The number of carbonyl (C=O) groups is 1. The predicted octanol–water partition coefficient (Wildman–Crippen LogP) is 0.696. The van der Waals surface area contributed by atoms with Gasteiger partial charge in [-0.25, -0.2) is 0 Å². The minimum atomic E-state index is -0.192. The number of rotatable bonds is 4. The Hall–Kier alpha value is -0.830. The standard InChI is InChI=1S/C9H17NO2/c1-6(2)8(5-11)10-9(12)7(3)4/h6,8,11H,3,5H2,1-2,4H3,(H,10,12). The van der Waals surface area contributed by atoms with Gasteiger partial charge in [-0.1, -0.05) is 20.4 Å². The highest BCUT2D eigenvalue weighted by atomic mass is 16.3. The van der Waals surface area contributed by atoms with Crippen molar-refractivity contribution < 1.29 is 9.90 Å². The smallest absolute Gasteiger partial charge is 0.246 e. The number of aliphatic hydroxyl groups excluding tert-OH is 1. The lowest BCUT2D eigenvalue weighted by Crippen LogP contribution is -2.41. The van der Waals surface area contributed by atoms with E-state index in [4.69, 9.17) is 5.11 Å². The largest absolute Gasteiger partial charge is 0.394 e. The van der Waals surface area contributed by atoms with Crippen molar-refractivity contribution in [2.75, 3.05) is 6.61 Å². The lowest BCUT2D eigenvalue weighted by Gasteiger charge is -2.19. The monoisotopic (exact) mass is 171 g/mol. The van der Waals surface area contributed by atoms with E-state index in [1.54, 1.807) is 6.92 Å². The van der Waals surface area contributed by atoms with Crippen LogP contribution >= 0.6 is 0 Å². The molecule has 70 valence electrons. The molecule has 0 aliphatic rings. The van der Waals surface area contributed by atoms with Crippen LogP contribution in [0.5, 0.6) is 0 Å². The zero-order chi connectivity index (χ0) is 9.72. The number of aliphatic hydroxyl groups is 1. The summed E-state index contributed by atoms with van der Waals surface area (Å²) in [4.78, 5) is 11.1. The fraction of sp³-hybridized carbons (Fsp3) is 0.667. The molecular formula is C9H17NO2. The van der Waals surface area contributed by atoms with E-state index in [0.717, 1.165) is 0 Å². The van der Waals surface area contributed by atoms with Crippen molar-refractivity contribution in [2.24, 2.45) is 5.92 Å². The molecule has 0 fully saturated rings. The molecule has 0 aromatic heterocycles. The summed E-state index contributed by atoms with van der Waals surface area (Å²) in [6.45, 7) is 9.01. The molecule has 0 radical (unpaired) electrons. The Morgan fingerprint density at radius 2 is 2.08 bits per heavy atom. The van der Waals surface area contributed by atoms with Gasteiger partial charge in [0.25, 0.3) is 0 Å². The number of carbonyl (C=O) groups excluding carboxylic acids is 1. The predicted molar refractivity (Wildman–Crippen MR) is 48.7 cm³/mol. The average Bonchev–Trinajstić information content (AvgIpc) is 1.98. The molecule has 0 aromatic carbocycles. The van der Waals surface area contributed by atoms with Crippen LogP contribution in [-0.2, 0) is 4.79 Å². The molecule has 0 aromatic rings. The number of hydrogen-bond acceptors (Lipinski definition) is 2. The summed E-state index contributed by atoms with van der Waals surface area (Å²) in [5, 5.41) is 11.6. The van der Waals surface area contributed by atoms with Gasteiger partial charge in [-0.3, -0.25) is 4.79 Å². The second-order valence-corrected chi connectivity index (χ2v) is 3.29. The van der Waals surface area contributed by atoms with Crippen molar-refractivity contribution in [1.82, 2.24) is 5.32 Å². The zero-order valence-corrected chi connectivity index (χ0v) is 7.92. The number of nitrogens with one attached hydrogen (secondary N) is 1. The highest BCUT2D eigenvalue weighted by Crippen LogP contribution is 2.01. The number of amides is 1. The first-order valence-corrected chi connectivity index (χ1v) is 4.06. The molecule has 3 nitrogen and oxygen atoms in total. The quantitative estimate of drug-likeness (QED) is 0.612. The molecular weight excluding hydrogens is 154 g/mol. The Labute approximate surface area is 73.5 Å². The van der Waals surface area contributed by atoms with Crippen LogP contribution in [0.1, 0.15) is 20.8 Å². The first-order chi connectivity index (χ1) is 5.49. The Kier molecular flexibility index (Phi) is 4.59. The Bertz CT molecular complexity index is 175. The Morgan fingerprint density at radius 1 is 1.58 bits per heavy atom. The molecule has 0 aliphatic heterocycles. The van der Waals surface area contributed by atoms with E-state index in [9.17, 15) is 4.79 Å². The summed E-state index contributed by atoms with van der Waals surface area (Å²) >= 11 is 0. The maximum atomic E-state index is 11.1. The molecule has 1 unspecified atom stereocenters. The zero-order valence-electron chi connectivity index (χ0n) is 7.92. The van der Waals surface area contributed by atoms with Crippen LogP contribution in [0.4, 0.5) is 0 Å². The van der Waals surface area contributed by atoms with Crippen molar-refractivity contribution in [1.29, 1.82) is 0 Å². The van der Waals surface area contributed by atoms with Crippen molar-refractivity contribution in [3.63, 3.8) is 0 Å². The molecule has 0 saturated heterocycles. The molecule has 1 amide bonds. The van der Waals surface area contributed by atoms with E-state index in [1.807, 2.05) is 13.8 Å². The Balaban J connectivity index is 4.03. The molecule has 0 heterocycles. The fourth-order valence-electron chi connectivity index (χ4n) is 0.715. The molecule has 12 heavy (non-hydrogen) atoms. The van der Waals surface area contributed by atoms with Crippen LogP contribution in [0.2, 0.25) is 0 Å². The van der Waals surface area contributed by atoms with E-state index in [0.29, 0.717) is 5.57 Å². The van der Waals surface area contributed by atoms with Crippen LogP contribution in [0.25, 0.3) is 0 Å². The van der Waals surface area contributed by atoms with Gasteiger partial charge in [-0.2, -0.15) is 0 Å². The van der Waals surface area contributed by atoms with Crippen LogP contribution in [-0.4, -0.2) is 23.7 Å². The topological polar surface area (TPSA) is 49.3 Å². The third-order valence-electron chi connectivity index (χ3n) is 1.71. The van der Waals surface area contributed by atoms with Crippen LogP contribution in [0.15, 0.2) is 12.2 Å². The van der Waals surface area contributed by atoms with E-state index >= 15 is 0 Å². The van der Waals surface area contributed by atoms with Gasteiger partial charge in [0, 0.05) is 5.57 Å². The maximum absolute atomic E-state index is 11.1.